The lowest BCUT2D eigenvalue weighted by atomic mass is 9.99. The summed E-state index contributed by atoms with van der Waals surface area (Å²) < 4.78 is 44.8. The molecule has 0 bridgehead atoms. The molecule has 14 nitrogen and oxygen atoms in total. The predicted octanol–water partition coefficient (Wildman–Crippen LogP) is 5.42. The zero-order chi connectivity index (χ0) is 35.9. The average molecular weight is 701 g/mol. The summed E-state index contributed by atoms with van der Waals surface area (Å²) in [5.74, 6) is 4.08. The molecule has 4 aromatic rings. The van der Waals surface area contributed by atoms with Crippen LogP contribution in [0.2, 0.25) is 0 Å². The van der Waals surface area contributed by atoms with Gasteiger partial charge in [-0.15, -0.1) is 0 Å². The van der Waals surface area contributed by atoms with Crippen molar-refractivity contribution in [3.05, 3.63) is 89.0 Å². The highest BCUT2D eigenvalue weighted by Crippen LogP contribution is 2.41. The Bertz CT molecular complexity index is 1890. The summed E-state index contributed by atoms with van der Waals surface area (Å²) >= 11 is 0. The van der Waals surface area contributed by atoms with E-state index in [0.29, 0.717) is 63.7 Å². The highest BCUT2D eigenvalue weighted by molar-refractivity contribution is 6.03. The number of hydrogen-bond donors (Lipinski definition) is 3. The topological polar surface area (TPSA) is 149 Å². The van der Waals surface area contributed by atoms with Crippen molar-refractivity contribution in [3.8, 4) is 46.0 Å². The number of rotatable bonds is 15. The van der Waals surface area contributed by atoms with E-state index in [1.165, 1.54) is 0 Å². The third kappa shape index (κ3) is 7.45. The SMILES string of the molecule is COc1ccc2c(c1)C(=O)NC(c1ccc(OCNCOc3cc(C4CC(c5cc(OC)c(OC)c(OC)c5)=NO4)ccc3OC)c(OC)c1)N2. The molecule has 0 spiro atoms. The number of benzene rings is 4. The van der Waals surface area contributed by atoms with Crippen LogP contribution in [0.1, 0.15) is 45.7 Å². The van der Waals surface area contributed by atoms with Crippen LogP contribution in [0.4, 0.5) is 5.69 Å². The van der Waals surface area contributed by atoms with Crippen molar-refractivity contribution in [1.82, 2.24) is 10.6 Å². The van der Waals surface area contributed by atoms with Gasteiger partial charge in [0.05, 0.1) is 53.9 Å². The number of oxime groups is 1. The number of amides is 1. The van der Waals surface area contributed by atoms with Crippen LogP contribution in [0.15, 0.2) is 71.9 Å². The minimum atomic E-state index is -0.458. The van der Waals surface area contributed by atoms with Crippen LogP contribution in [0.25, 0.3) is 0 Å². The van der Waals surface area contributed by atoms with Gasteiger partial charge in [0.25, 0.3) is 5.91 Å². The molecule has 3 N–H and O–H groups in total. The number of methoxy groups -OCH3 is 6. The first-order valence-corrected chi connectivity index (χ1v) is 16.0. The molecule has 268 valence electrons. The van der Waals surface area contributed by atoms with E-state index < -0.39 is 6.17 Å². The fourth-order valence-electron chi connectivity index (χ4n) is 5.79. The molecule has 0 saturated heterocycles. The number of nitrogens with zero attached hydrogens (tertiary/aromatic N) is 1. The zero-order valence-electron chi connectivity index (χ0n) is 29.2. The molecular weight excluding hydrogens is 660 g/mol. The molecule has 2 unspecified atom stereocenters. The van der Waals surface area contributed by atoms with Gasteiger partial charge in [0.2, 0.25) is 5.75 Å². The number of anilines is 1. The lowest BCUT2D eigenvalue weighted by molar-refractivity contribution is 0.0853. The summed E-state index contributed by atoms with van der Waals surface area (Å²) in [5, 5.41) is 13.8. The van der Waals surface area contributed by atoms with E-state index >= 15 is 0 Å². The minimum Gasteiger partial charge on any atom is -0.497 e. The maximum absolute atomic E-state index is 12.8. The Balaban J connectivity index is 1.04. The summed E-state index contributed by atoms with van der Waals surface area (Å²) in [6.45, 7) is 0.254. The fourth-order valence-corrected chi connectivity index (χ4v) is 5.79. The number of fused-ring (bicyclic) bond motifs is 1. The summed E-state index contributed by atoms with van der Waals surface area (Å²) in [6.07, 6.45) is -0.279. The average Bonchev–Trinajstić information content (AvgIpc) is 3.67. The molecule has 4 aromatic carbocycles. The van der Waals surface area contributed by atoms with Crippen LogP contribution in [-0.2, 0) is 4.84 Å². The Kier molecular flexibility index (Phi) is 10.7. The first-order valence-electron chi connectivity index (χ1n) is 16.0. The van der Waals surface area contributed by atoms with Crippen LogP contribution < -0.4 is 53.8 Å². The normalized spacial score (nSPS) is 16.0. The van der Waals surface area contributed by atoms with Gasteiger partial charge in [-0.05, 0) is 65.7 Å². The van der Waals surface area contributed by atoms with Crippen molar-refractivity contribution in [1.29, 1.82) is 0 Å². The number of nitrogens with one attached hydrogen (secondary N) is 3. The molecule has 1 amide bonds. The van der Waals surface area contributed by atoms with E-state index in [1.54, 1.807) is 60.9 Å². The molecule has 0 aliphatic carbocycles. The number of ether oxygens (including phenoxy) is 8. The molecular formula is C37H40N4O10. The fraction of sp³-hybridized carbons (Fsp3) is 0.297. The van der Waals surface area contributed by atoms with Crippen molar-refractivity contribution >= 4 is 17.3 Å². The first-order chi connectivity index (χ1) is 24.9. The van der Waals surface area contributed by atoms with Crippen molar-refractivity contribution in [2.24, 2.45) is 5.16 Å². The summed E-state index contributed by atoms with van der Waals surface area (Å²) in [5.41, 5.74) is 4.43. The Hall–Kier alpha value is -6.02. The number of hydrogen-bond acceptors (Lipinski definition) is 13. The molecule has 14 heteroatoms. The van der Waals surface area contributed by atoms with Gasteiger partial charge in [-0.1, -0.05) is 17.3 Å². The molecule has 0 saturated carbocycles. The van der Waals surface area contributed by atoms with E-state index in [4.69, 9.17) is 42.7 Å². The summed E-state index contributed by atoms with van der Waals surface area (Å²) in [7, 11) is 9.40. The largest absolute Gasteiger partial charge is 0.497 e. The molecule has 6 rings (SSSR count). The van der Waals surface area contributed by atoms with Gasteiger partial charge in [-0.25, -0.2) is 0 Å². The van der Waals surface area contributed by atoms with Crippen LogP contribution >= 0.6 is 0 Å². The highest BCUT2D eigenvalue weighted by atomic mass is 16.6. The van der Waals surface area contributed by atoms with Gasteiger partial charge < -0.3 is 53.4 Å². The molecule has 0 radical (unpaired) electrons. The highest BCUT2D eigenvalue weighted by Gasteiger charge is 2.28. The van der Waals surface area contributed by atoms with Crippen LogP contribution in [0.5, 0.6) is 46.0 Å². The van der Waals surface area contributed by atoms with Gasteiger partial charge in [-0.3, -0.25) is 10.1 Å². The second-order valence-corrected chi connectivity index (χ2v) is 11.4. The lowest BCUT2D eigenvalue weighted by Gasteiger charge is -2.28. The van der Waals surface area contributed by atoms with E-state index in [0.717, 1.165) is 22.4 Å². The molecule has 2 aliphatic heterocycles. The van der Waals surface area contributed by atoms with Crippen LogP contribution in [0.3, 0.4) is 0 Å². The maximum atomic E-state index is 12.8. The Morgan fingerprint density at radius 2 is 1.35 bits per heavy atom. The zero-order valence-corrected chi connectivity index (χ0v) is 29.2. The predicted molar refractivity (Wildman–Crippen MR) is 188 cm³/mol. The Morgan fingerprint density at radius 1 is 0.686 bits per heavy atom. The number of carbonyl (C=O) groups excluding carboxylic acids is 1. The quantitative estimate of drug-likeness (QED) is 0.107. The molecule has 2 aliphatic rings. The van der Waals surface area contributed by atoms with Gasteiger partial charge in [0, 0.05) is 17.7 Å². The summed E-state index contributed by atoms with van der Waals surface area (Å²) in [6, 6.07) is 20.1. The second kappa shape index (κ2) is 15.7. The van der Waals surface area contributed by atoms with Gasteiger partial charge >= 0.3 is 0 Å². The molecule has 2 heterocycles. The smallest absolute Gasteiger partial charge is 0.255 e. The van der Waals surface area contributed by atoms with Gasteiger partial charge in [-0.2, -0.15) is 0 Å². The van der Waals surface area contributed by atoms with Crippen molar-refractivity contribution < 1.29 is 47.5 Å². The van der Waals surface area contributed by atoms with Crippen molar-refractivity contribution in [2.45, 2.75) is 18.7 Å². The van der Waals surface area contributed by atoms with Gasteiger partial charge in [0.15, 0.2) is 40.6 Å². The summed E-state index contributed by atoms with van der Waals surface area (Å²) in [4.78, 5) is 18.6. The third-order valence-corrected chi connectivity index (χ3v) is 8.45. The second-order valence-electron chi connectivity index (χ2n) is 11.4. The lowest BCUT2D eigenvalue weighted by Crippen LogP contribution is -2.38. The minimum absolute atomic E-state index is 0.126. The van der Waals surface area contributed by atoms with Crippen molar-refractivity contribution in [3.63, 3.8) is 0 Å². The molecule has 2 atom stereocenters. The van der Waals surface area contributed by atoms with Gasteiger partial charge in [0.1, 0.15) is 25.4 Å². The van der Waals surface area contributed by atoms with Crippen molar-refractivity contribution in [2.75, 3.05) is 61.4 Å². The molecule has 51 heavy (non-hydrogen) atoms. The Labute approximate surface area is 295 Å². The van der Waals surface area contributed by atoms with E-state index in [9.17, 15) is 4.79 Å². The van der Waals surface area contributed by atoms with E-state index in [2.05, 4.69) is 21.1 Å². The molecule has 0 fully saturated rings. The maximum Gasteiger partial charge on any atom is 0.255 e. The monoisotopic (exact) mass is 700 g/mol. The van der Waals surface area contributed by atoms with Crippen LogP contribution in [-0.4, -0.2) is 67.7 Å². The first kappa shape index (κ1) is 34.8. The Morgan fingerprint density at radius 3 is 2.04 bits per heavy atom. The third-order valence-electron chi connectivity index (χ3n) is 8.45. The van der Waals surface area contributed by atoms with E-state index in [-0.39, 0.29) is 25.5 Å². The standard InChI is InChI=1S/C37H40N4O10/c1-43-24-9-10-26-25(17-24)37(42)40-36(39-26)22-8-12-29(31(14-22)45-3)49-19-38-20-50-32-13-21(7-11-28(32)44-2)30-18-27(41-51-30)23-15-33(46-4)35(48-6)34(16-23)47-5/h7-17,30,36,38-39H,18-20H2,1-6H3,(H,40,42). The van der Waals surface area contributed by atoms with Crippen LogP contribution in [0, 0.1) is 0 Å². The number of carbonyl (C=O) groups is 1. The molecule has 0 aromatic heterocycles. The van der Waals surface area contributed by atoms with E-state index in [1.807, 2.05) is 48.5 Å².